The van der Waals surface area contributed by atoms with Gasteiger partial charge in [0, 0.05) is 12.1 Å². The van der Waals surface area contributed by atoms with Crippen molar-refractivity contribution >= 4 is 17.6 Å². The van der Waals surface area contributed by atoms with Crippen LogP contribution in [0.25, 0.3) is 0 Å². The first-order valence-electron chi connectivity index (χ1n) is 7.40. The van der Waals surface area contributed by atoms with Gasteiger partial charge in [0.15, 0.2) is 5.92 Å². The molecule has 0 aliphatic rings. The van der Waals surface area contributed by atoms with Gasteiger partial charge in [-0.05, 0) is 5.56 Å². The van der Waals surface area contributed by atoms with Crippen LogP contribution < -0.4 is 19.5 Å². The molecular formula is C18H19NO6. The van der Waals surface area contributed by atoms with Crippen LogP contribution in [0, 0.1) is 0 Å². The Hall–Kier alpha value is -3.22. The maximum Gasteiger partial charge on any atom is 0.320 e. The van der Waals surface area contributed by atoms with Gasteiger partial charge in [-0.25, -0.2) is 0 Å². The fraction of sp³-hybridized carbons (Fsp3) is 0.222. The van der Waals surface area contributed by atoms with Crippen LogP contribution in [-0.2, 0) is 9.59 Å². The number of hydrogen-bond acceptors (Lipinski definition) is 5. The number of rotatable bonds is 7. The lowest BCUT2D eigenvalue weighted by Crippen LogP contribution is -2.28. The number of carboxylic acid groups (broad SMARTS) is 1. The summed E-state index contributed by atoms with van der Waals surface area (Å²) in [5.41, 5.74) is 0.608. The van der Waals surface area contributed by atoms with Gasteiger partial charge in [-0.3, -0.25) is 9.59 Å². The van der Waals surface area contributed by atoms with Crippen molar-refractivity contribution in [3.8, 4) is 17.2 Å². The molecule has 0 saturated carbocycles. The van der Waals surface area contributed by atoms with Crippen LogP contribution >= 0.6 is 0 Å². The minimum atomic E-state index is -1.36. The number of benzene rings is 2. The number of anilines is 1. The average molecular weight is 345 g/mol. The van der Waals surface area contributed by atoms with Crippen LogP contribution in [0.2, 0.25) is 0 Å². The molecule has 7 nitrogen and oxygen atoms in total. The van der Waals surface area contributed by atoms with Crippen molar-refractivity contribution in [2.45, 2.75) is 5.92 Å². The van der Waals surface area contributed by atoms with E-state index in [-0.39, 0.29) is 5.69 Å². The van der Waals surface area contributed by atoms with E-state index in [4.69, 9.17) is 14.2 Å². The van der Waals surface area contributed by atoms with Crippen LogP contribution in [0.3, 0.4) is 0 Å². The lowest BCUT2D eigenvalue weighted by Gasteiger charge is -2.18. The maximum atomic E-state index is 12.6. The number of nitrogens with one attached hydrogen (secondary N) is 1. The van der Waals surface area contributed by atoms with E-state index in [0.717, 1.165) is 0 Å². The first-order chi connectivity index (χ1) is 12.0. The molecule has 0 aromatic heterocycles. The summed E-state index contributed by atoms with van der Waals surface area (Å²) in [5, 5.41) is 12.1. The highest BCUT2D eigenvalue weighted by molar-refractivity contribution is 6.10. The Morgan fingerprint density at radius 1 is 0.960 bits per heavy atom. The zero-order valence-corrected chi connectivity index (χ0v) is 14.1. The number of ether oxygens (including phenoxy) is 3. The SMILES string of the molecule is COc1cc(OC)c(NC(=O)[C@@H](C(=O)O)c2ccccc2)c(OC)c1. The molecule has 0 aliphatic heterocycles. The van der Waals surface area contributed by atoms with E-state index >= 15 is 0 Å². The Kier molecular flexibility index (Phi) is 5.84. The summed E-state index contributed by atoms with van der Waals surface area (Å²) >= 11 is 0. The highest BCUT2D eigenvalue weighted by Crippen LogP contribution is 2.39. The lowest BCUT2D eigenvalue weighted by atomic mass is 9.98. The Bertz CT molecular complexity index is 734. The summed E-state index contributed by atoms with van der Waals surface area (Å²) in [5.74, 6) is -2.26. The largest absolute Gasteiger partial charge is 0.496 e. The molecule has 0 heterocycles. The zero-order valence-electron chi connectivity index (χ0n) is 14.1. The Balaban J connectivity index is 2.40. The Morgan fingerprint density at radius 2 is 1.52 bits per heavy atom. The monoisotopic (exact) mass is 345 g/mol. The van der Waals surface area contributed by atoms with E-state index in [0.29, 0.717) is 22.8 Å². The fourth-order valence-electron chi connectivity index (χ4n) is 2.38. The van der Waals surface area contributed by atoms with Crippen LogP contribution in [0.1, 0.15) is 11.5 Å². The number of hydrogen-bond donors (Lipinski definition) is 2. The van der Waals surface area contributed by atoms with Gasteiger partial charge in [-0.15, -0.1) is 0 Å². The molecule has 0 radical (unpaired) electrons. The van der Waals surface area contributed by atoms with E-state index in [1.165, 1.54) is 21.3 Å². The molecule has 0 bridgehead atoms. The molecule has 132 valence electrons. The third-order valence-corrected chi connectivity index (χ3v) is 3.61. The van der Waals surface area contributed by atoms with Crippen LogP contribution in [-0.4, -0.2) is 38.3 Å². The first kappa shape index (κ1) is 18.1. The highest BCUT2D eigenvalue weighted by atomic mass is 16.5. The smallest absolute Gasteiger partial charge is 0.320 e. The second kappa shape index (κ2) is 8.05. The second-order valence-electron chi connectivity index (χ2n) is 5.08. The van der Waals surface area contributed by atoms with Gasteiger partial charge in [-0.1, -0.05) is 30.3 Å². The van der Waals surface area contributed by atoms with E-state index in [1.807, 2.05) is 0 Å². The van der Waals surface area contributed by atoms with Crippen molar-refractivity contribution < 1.29 is 28.9 Å². The summed E-state index contributed by atoms with van der Waals surface area (Å²) in [6.07, 6.45) is 0. The zero-order chi connectivity index (χ0) is 18.4. The minimum absolute atomic E-state index is 0.234. The Morgan fingerprint density at radius 3 is 1.96 bits per heavy atom. The number of aliphatic carboxylic acids is 1. The first-order valence-corrected chi connectivity index (χ1v) is 7.40. The normalized spacial score (nSPS) is 11.3. The van der Waals surface area contributed by atoms with Gasteiger partial charge in [0.25, 0.3) is 0 Å². The number of carboxylic acids is 1. The molecule has 0 fully saturated rings. The molecule has 2 aromatic carbocycles. The van der Waals surface area contributed by atoms with Crippen LogP contribution in [0.5, 0.6) is 17.2 Å². The number of carbonyl (C=O) groups excluding carboxylic acids is 1. The number of carbonyl (C=O) groups is 2. The van der Waals surface area contributed by atoms with Crippen molar-refractivity contribution in [1.29, 1.82) is 0 Å². The number of methoxy groups -OCH3 is 3. The molecule has 2 aromatic rings. The molecule has 2 N–H and O–H groups in total. The summed E-state index contributed by atoms with van der Waals surface area (Å²) in [6.45, 7) is 0. The van der Waals surface area contributed by atoms with Gasteiger partial charge in [0.2, 0.25) is 5.91 Å². The van der Waals surface area contributed by atoms with Crippen LogP contribution in [0.4, 0.5) is 5.69 Å². The standard InChI is InChI=1S/C18H19NO6/c1-23-12-9-13(24-2)16(14(10-12)25-3)19-17(20)15(18(21)22)11-7-5-4-6-8-11/h4-10,15H,1-3H3,(H,19,20)(H,21,22)/t15-/m0/s1. The second-order valence-corrected chi connectivity index (χ2v) is 5.08. The summed E-state index contributed by atoms with van der Waals surface area (Å²) in [7, 11) is 4.34. The van der Waals surface area contributed by atoms with E-state index < -0.39 is 17.8 Å². The summed E-state index contributed by atoms with van der Waals surface area (Å²) < 4.78 is 15.7. The van der Waals surface area contributed by atoms with Crippen molar-refractivity contribution in [2.24, 2.45) is 0 Å². The van der Waals surface area contributed by atoms with Crippen molar-refractivity contribution in [1.82, 2.24) is 0 Å². The third kappa shape index (κ3) is 4.00. The molecule has 2 rings (SSSR count). The topological polar surface area (TPSA) is 94.1 Å². The maximum absolute atomic E-state index is 12.6. The van der Waals surface area contributed by atoms with Crippen molar-refractivity contribution in [3.05, 3.63) is 48.0 Å². The van der Waals surface area contributed by atoms with Gasteiger partial charge < -0.3 is 24.6 Å². The van der Waals surface area contributed by atoms with Crippen LogP contribution in [0.15, 0.2) is 42.5 Å². The number of amides is 1. The van der Waals surface area contributed by atoms with E-state index in [9.17, 15) is 14.7 Å². The van der Waals surface area contributed by atoms with Gasteiger partial charge in [0.05, 0.1) is 21.3 Å². The summed E-state index contributed by atoms with van der Waals surface area (Å²) in [6, 6.07) is 11.4. The molecule has 1 atom stereocenters. The van der Waals surface area contributed by atoms with Gasteiger partial charge >= 0.3 is 5.97 Å². The molecule has 0 saturated heterocycles. The van der Waals surface area contributed by atoms with Crippen molar-refractivity contribution in [2.75, 3.05) is 26.6 Å². The predicted molar refractivity (Wildman–Crippen MR) is 91.5 cm³/mol. The predicted octanol–water partition coefficient (Wildman–Crippen LogP) is 2.52. The molecule has 25 heavy (non-hydrogen) atoms. The lowest BCUT2D eigenvalue weighted by molar-refractivity contribution is -0.141. The highest BCUT2D eigenvalue weighted by Gasteiger charge is 2.29. The van der Waals surface area contributed by atoms with E-state index in [2.05, 4.69) is 5.32 Å². The molecule has 7 heteroatoms. The molecule has 0 unspecified atom stereocenters. The molecule has 1 amide bonds. The minimum Gasteiger partial charge on any atom is -0.496 e. The van der Waals surface area contributed by atoms with E-state index in [1.54, 1.807) is 42.5 Å². The Labute approximate surface area is 145 Å². The van der Waals surface area contributed by atoms with Gasteiger partial charge in [0.1, 0.15) is 22.9 Å². The summed E-state index contributed by atoms with van der Waals surface area (Å²) in [4.78, 5) is 24.2. The van der Waals surface area contributed by atoms with Crippen molar-refractivity contribution in [3.63, 3.8) is 0 Å². The van der Waals surface area contributed by atoms with Gasteiger partial charge in [-0.2, -0.15) is 0 Å². The molecule has 0 aliphatic carbocycles. The molecular weight excluding hydrogens is 326 g/mol. The quantitative estimate of drug-likeness (QED) is 0.749. The third-order valence-electron chi connectivity index (χ3n) is 3.61. The fourth-order valence-corrected chi connectivity index (χ4v) is 2.38. The molecule has 0 spiro atoms. The average Bonchev–Trinajstić information content (AvgIpc) is 2.62.